The van der Waals surface area contributed by atoms with Crippen LogP contribution < -0.4 is 0 Å². The smallest absolute Gasteiger partial charge is 0.338 e. The molecule has 188 valence electrons. The standard InChI is InChI=1S/C28H32N4O4/c33-26-16-24(20-10-4-1-5-11-20)31(27(34)21-12-6-2-7-13-21)18-25(26)32-17-23(29-30-32)19-36-28(35)22-14-8-3-9-15-22/h1,3-5,8-11,14-15,17,21,24-26,33H,2,6-7,12-13,16,18-19H2/t24-,25+,26-/m1/s1. The number of likely N-dealkylation sites (tertiary alicyclic amines) is 1. The van der Waals surface area contributed by atoms with Crippen LogP contribution in [-0.2, 0) is 16.1 Å². The summed E-state index contributed by atoms with van der Waals surface area (Å²) in [5, 5.41) is 19.5. The number of aliphatic hydroxyl groups excluding tert-OH is 1. The highest BCUT2D eigenvalue weighted by atomic mass is 16.5. The molecule has 2 heterocycles. The SMILES string of the molecule is O=C(OCc1cn([C@H]2CN(C(=O)C3CCCCC3)[C@@H](c3ccccc3)C[C@H]2O)nn1)c1ccccc1. The van der Waals surface area contributed by atoms with Gasteiger partial charge in [0, 0.05) is 18.9 Å². The van der Waals surface area contributed by atoms with Gasteiger partial charge in [0.15, 0.2) is 0 Å². The van der Waals surface area contributed by atoms with Gasteiger partial charge >= 0.3 is 5.97 Å². The van der Waals surface area contributed by atoms with E-state index >= 15 is 0 Å². The molecule has 2 aromatic carbocycles. The van der Waals surface area contributed by atoms with Crippen molar-refractivity contribution in [3.05, 3.63) is 83.7 Å². The Morgan fingerprint density at radius 1 is 0.972 bits per heavy atom. The first-order chi connectivity index (χ1) is 17.6. The van der Waals surface area contributed by atoms with Crippen molar-refractivity contribution in [3.63, 3.8) is 0 Å². The maximum Gasteiger partial charge on any atom is 0.338 e. The summed E-state index contributed by atoms with van der Waals surface area (Å²) in [6.07, 6.45) is 6.61. The number of carbonyl (C=O) groups is 2. The number of hydrogen-bond donors (Lipinski definition) is 1. The van der Waals surface area contributed by atoms with Crippen LogP contribution in [0.2, 0.25) is 0 Å². The van der Waals surface area contributed by atoms with Crippen molar-refractivity contribution in [2.75, 3.05) is 6.54 Å². The molecule has 2 aliphatic rings. The summed E-state index contributed by atoms with van der Waals surface area (Å²) in [5.41, 5.74) is 1.99. The second-order valence-electron chi connectivity index (χ2n) is 9.75. The first-order valence-electron chi connectivity index (χ1n) is 12.8. The molecule has 3 atom stereocenters. The van der Waals surface area contributed by atoms with Crippen molar-refractivity contribution in [2.24, 2.45) is 5.92 Å². The summed E-state index contributed by atoms with van der Waals surface area (Å²) < 4.78 is 6.98. The van der Waals surface area contributed by atoms with Crippen molar-refractivity contribution in [1.82, 2.24) is 19.9 Å². The highest BCUT2D eigenvalue weighted by Gasteiger charge is 2.41. The lowest BCUT2D eigenvalue weighted by molar-refractivity contribution is -0.144. The molecular formula is C28H32N4O4. The molecule has 36 heavy (non-hydrogen) atoms. The Morgan fingerprint density at radius 2 is 1.67 bits per heavy atom. The lowest BCUT2D eigenvalue weighted by atomic mass is 9.85. The number of ether oxygens (including phenoxy) is 1. The third-order valence-electron chi connectivity index (χ3n) is 7.35. The Morgan fingerprint density at radius 3 is 2.39 bits per heavy atom. The van der Waals surface area contributed by atoms with Crippen LogP contribution in [0.5, 0.6) is 0 Å². The van der Waals surface area contributed by atoms with Crippen molar-refractivity contribution >= 4 is 11.9 Å². The molecule has 1 aliphatic carbocycles. The molecule has 1 aromatic heterocycles. The van der Waals surface area contributed by atoms with E-state index in [1.54, 1.807) is 35.1 Å². The lowest BCUT2D eigenvalue weighted by Gasteiger charge is -2.44. The van der Waals surface area contributed by atoms with Gasteiger partial charge in [-0.3, -0.25) is 4.79 Å². The normalized spacial score (nSPS) is 22.8. The highest BCUT2D eigenvalue weighted by Crippen LogP contribution is 2.38. The van der Waals surface area contributed by atoms with Gasteiger partial charge in [-0.05, 0) is 30.5 Å². The second-order valence-corrected chi connectivity index (χ2v) is 9.75. The fourth-order valence-electron chi connectivity index (χ4n) is 5.38. The monoisotopic (exact) mass is 488 g/mol. The fourth-order valence-corrected chi connectivity index (χ4v) is 5.38. The summed E-state index contributed by atoms with van der Waals surface area (Å²) in [5.74, 6) is -0.236. The molecule has 2 fully saturated rings. The molecule has 1 aliphatic heterocycles. The van der Waals surface area contributed by atoms with E-state index < -0.39 is 18.1 Å². The molecule has 5 rings (SSSR count). The summed E-state index contributed by atoms with van der Waals surface area (Å²) in [6.45, 7) is 0.330. The van der Waals surface area contributed by atoms with Crippen LogP contribution in [0.15, 0.2) is 66.9 Å². The van der Waals surface area contributed by atoms with Gasteiger partial charge in [-0.25, -0.2) is 9.48 Å². The average Bonchev–Trinajstić information content (AvgIpc) is 3.41. The minimum atomic E-state index is -0.702. The predicted molar refractivity (Wildman–Crippen MR) is 133 cm³/mol. The summed E-state index contributed by atoms with van der Waals surface area (Å²) in [7, 11) is 0. The Kier molecular flexibility index (Phi) is 7.41. The third kappa shape index (κ3) is 5.33. The number of esters is 1. The van der Waals surface area contributed by atoms with Crippen LogP contribution >= 0.6 is 0 Å². The minimum Gasteiger partial charge on any atom is -0.455 e. The number of carbonyl (C=O) groups excluding carboxylic acids is 2. The number of rotatable bonds is 6. The van der Waals surface area contributed by atoms with Crippen molar-refractivity contribution in [2.45, 2.75) is 63.3 Å². The number of benzene rings is 2. The Labute approximate surface area is 210 Å². The lowest BCUT2D eigenvalue weighted by Crippen LogP contribution is -2.50. The van der Waals surface area contributed by atoms with E-state index in [-0.39, 0.29) is 24.5 Å². The zero-order valence-electron chi connectivity index (χ0n) is 20.3. The third-order valence-corrected chi connectivity index (χ3v) is 7.35. The van der Waals surface area contributed by atoms with Gasteiger partial charge in [0.1, 0.15) is 12.3 Å². The Hall–Kier alpha value is -3.52. The number of nitrogens with zero attached hydrogens (tertiary/aromatic N) is 4. The first kappa shape index (κ1) is 24.2. The number of hydrogen-bond acceptors (Lipinski definition) is 6. The molecule has 1 amide bonds. The van der Waals surface area contributed by atoms with Gasteiger partial charge in [-0.1, -0.05) is 73.0 Å². The van der Waals surface area contributed by atoms with Crippen molar-refractivity contribution in [1.29, 1.82) is 0 Å². The van der Waals surface area contributed by atoms with Crippen LogP contribution in [0.1, 0.15) is 72.2 Å². The molecule has 1 saturated heterocycles. The molecule has 0 bridgehead atoms. The van der Waals surface area contributed by atoms with Gasteiger partial charge in [0.2, 0.25) is 5.91 Å². The zero-order chi connectivity index (χ0) is 24.9. The van der Waals surface area contributed by atoms with Crippen molar-refractivity contribution < 1.29 is 19.4 Å². The quantitative estimate of drug-likeness (QED) is 0.525. The summed E-state index contributed by atoms with van der Waals surface area (Å²) in [4.78, 5) is 27.9. The van der Waals surface area contributed by atoms with E-state index in [9.17, 15) is 14.7 Å². The molecule has 8 nitrogen and oxygen atoms in total. The van der Waals surface area contributed by atoms with Crippen LogP contribution in [0.3, 0.4) is 0 Å². The van der Waals surface area contributed by atoms with Crippen LogP contribution in [0.25, 0.3) is 0 Å². The zero-order valence-corrected chi connectivity index (χ0v) is 20.3. The molecule has 8 heteroatoms. The van der Waals surface area contributed by atoms with Crippen molar-refractivity contribution in [3.8, 4) is 0 Å². The Bertz CT molecular complexity index is 1160. The van der Waals surface area contributed by atoms with Gasteiger partial charge in [-0.2, -0.15) is 0 Å². The number of piperidine rings is 1. The van der Waals surface area contributed by atoms with Gasteiger partial charge < -0.3 is 14.7 Å². The number of aliphatic hydroxyl groups is 1. The molecule has 1 saturated carbocycles. The maximum absolute atomic E-state index is 13.7. The molecule has 1 N–H and O–H groups in total. The topological polar surface area (TPSA) is 97.5 Å². The van der Waals surface area contributed by atoms with E-state index in [0.29, 0.717) is 24.2 Å². The van der Waals surface area contributed by atoms with E-state index in [4.69, 9.17) is 4.74 Å². The predicted octanol–water partition coefficient (Wildman–Crippen LogP) is 4.09. The fraction of sp³-hybridized carbons (Fsp3) is 0.429. The van der Waals surface area contributed by atoms with Gasteiger partial charge in [-0.15, -0.1) is 5.10 Å². The van der Waals surface area contributed by atoms with Crippen LogP contribution in [0, 0.1) is 5.92 Å². The molecule has 0 radical (unpaired) electrons. The number of aromatic nitrogens is 3. The second kappa shape index (κ2) is 11.0. The van der Waals surface area contributed by atoms with E-state index in [0.717, 1.165) is 31.2 Å². The molecule has 0 unspecified atom stereocenters. The summed E-state index contributed by atoms with van der Waals surface area (Å²) in [6, 6.07) is 18.1. The maximum atomic E-state index is 13.7. The average molecular weight is 489 g/mol. The van der Waals surface area contributed by atoms with Crippen LogP contribution in [0.4, 0.5) is 0 Å². The van der Waals surface area contributed by atoms with E-state index in [2.05, 4.69) is 10.3 Å². The molecule has 3 aromatic rings. The van der Waals surface area contributed by atoms with E-state index in [1.165, 1.54) is 6.42 Å². The highest BCUT2D eigenvalue weighted by molar-refractivity contribution is 5.89. The van der Waals surface area contributed by atoms with Crippen LogP contribution in [-0.4, -0.2) is 49.5 Å². The van der Waals surface area contributed by atoms with E-state index in [1.807, 2.05) is 41.3 Å². The number of amides is 1. The molecular weight excluding hydrogens is 456 g/mol. The largest absolute Gasteiger partial charge is 0.455 e. The van der Waals surface area contributed by atoms with Gasteiger partial charge in [0.05, 0.1) is 29.9 Å². The summed E-state index contributed by atoms with van der Waals surface area (Å²) >= 11 is 0. The first-order valence-corrected chi connectivity index (χ1v) is 12.8. The Balaban J connectivity index is 1.31. The van der Waals surface area contributed by atoms with Gasteiger partial charge in [0.25, 0.3) is 0 Å². The minimum absolute atomic E-state index is 0.0199. The molecule has 0 spiro atoms.